The Labute approximate surface area is 128 Å². The van der Waals surface area contributed by atoms with Crippen molar-refractivity contribution in [1.29, 1.82) is 0 Å². The van der Waals surface area contributed by atoms with E-state index in [1.54, 1.807) is 23.9 Å². The average Bonchev–Trinajstić information content (AvgIpc) is 2.33. The molecule has 0 saturated carbocycles. The molecule has 0 saturated heterocycles. The number of anilines is 2. The minimum absolute atomic E-state index is 0.0834. The number of amides is 1. The standard InChI is InChI=1S/C13H18Cl2N2OS/c1-2-3-5-19-6-4-12(18)17-13-10(15)7-9(14)8-11(13)16/h7-8H,2-6,16H2,1H3,(H,17,18). The van der Waals surface area contributed by atoms with Gasteiger partial charge in [0.1, 0.15) is 0 Å². The van der Waals surface area contributed by atoms with Crippen LogP contribution in [0.15, 0.2) is 12.1 Å². The molecule has 0 radical (unpaired) electrons. The molecule has 3 N–H and O–H groups in total. The molecule has 1 amide bonds. The van der Waals surface area contributed by atoms with E-state index in [0.717, 1.165) is 11.5 Å². The first-order valence-electron chi connectivity index (χ1n) is 6.16. The van der Waals surface area contributed by atoms with Crippen LogP contribution in [-0.4, -0.2) is 17.4 Å². The van der Waals surface area contributed by atoms with Crippen molar-refractivity contribution in [2.45, 2.75) is 26.2 Å². The zero-order chi connectivity index (χ0) is 14.3. The molecule has 0 spiro atoms. The number of hydrogen-bond acceptors (Lipinski definition) is 3. The van der Waals surface area contributed by atoms with Gasteiger partial charge in [0.25, 0.3) is 0 Å². The van der Waals surface area contributed by atoms with Gasteiger partial charge in [0.2, 0.25) is 5.91 Å². The molecule has 6 heteroatoms. The van der Waals surface area contributed by atoms with Gasteiger partial charge in [-0.1, -0.05) is 36.5 Å². The molecule has 3 nitrogen and oxygen atoms in total. The third kappa shape index (κ3) is 5.93. The van der Waals surface area contributed by atoms with Crippen LogP contribution < -0.4 is 11.1 Å². The first-order valence-corrected chi connectivity index (χ1v) is 8.07. The van der Waals surface area contributed by atoms with Crippen LogP contribution in [0.3, 0.4) is 0 Å². The molecule has 0 aromatic heterocycles. The molecular weight excluding hydrogens is 303 g/mol. The summed E-state index contributed by atoms with van der Waals surface area (Å²) < 4.78 is 0. The summed E-state index contributed by atoms with van der Waals surface area (Å²) in [4.78, 5) is 11.8. The van der Waals surface area contributed by atoms with Gasteiger partial charge >= 0.3 is 0 Å². The van der Waals surface area contributed by atoms with Gasteiger partial charge in [-0.05, 0) is 24.3 Å². The third-order valence-corrected chi connectivity index (χ3v) is 4.05. The Bertz CT molecular complexity index is 418. The first-order chi connectivity index (χ1) is 9.04. The van der Waals surface area contributed by atoms with Crippen LogP contribution in [-0.2, 0) is 4.79 Å². The molecule has 0 atom stereocenters. The maximum atomic E-state index is 11.8. The summed E-state index contributed by atoms with van der Waals surface area (Å²) in [6.45, 7) is 2.15. The highest BCUT2D eigenvalue weighted by molar-refractivity contribution is 7.99. The van der Waals surface area contributed by atoms with Crippen LogP contribution in [0.4, 0.5) is 11.4 Å². The number of rotatable bonds is 7. The predicted molar refractivity (Wildman–Crippen MR) is 86.4 cm³/mol. The highest BCUT2D eigenvalue weighted by atomic mass is 35.5. The summed E-state index contributed by atoms with van der Waals surface area (Å²) in [6.07, 6.45) is 2.81. The van der Waals surface area contributed by atoms with Crippen molar-refractivity contribution in [1.82, 2.24) is 0 Å². The van der Waals surface area contributed by atoms with Crippen LogP contribution in [0, 0.1) is 0 Å². The Morgan fingerprint density at radius 3 is 2.74 bits per heavy atom. The second-order valence-corrected chi connectivity index (χ2v) is 6.18. The number of nitrogen functional groups attached to an aromatic ring is 1. The lowest BCUT2D eigenvalue weighted by Gasteiger charge is -2.10. The molecule has 0 aliphatic heterocycles. The molecule has 0 unspecified atom stereocenters. The van der Waals surface area contributed by atoms with Crippen molar-refractivity contribution in [2.24, 2.45) is 0 Å². The summed E-state index contributed by atoms with van der Waals surface area (Å²) >= 11 is 13.6. The smallest absolute Gasteiger partial charge is 0.225 e. The van der Waals surface area contributed by atoms with E-state index >= 15 is 0 Å². The average molecular weight is 321 g/mol. The fourth-order valence-corrected chi connectivity index (χ4v) is 3.02. The fraction of sp³-hybridized carbons (Fsp3) is 0.462. The Morgan fingerprint density at radius 1 is 1.37 bits per heavy atom. The zero-order valence-electron chi connectivity index (χ0n) is 10.8. The van der Waals surface area contributed by atoms with Gasteiger partial charge in [0.15, 0.2) is 0 Å². The predicted octanol–water partition coefficient (Wildman–Crippen LogP) is 4.44. The Hall–Kier alpha value is -0.580. The second-order valence-electron chi connectivity index (χ2n) is 4.12. The van der Waals surface area contributed by atoms with Crippen molar-refractivity contribution in [3.63, 3.8) is 0 Å². The Balaban J connectivity index is 2.44. The van der Waals surface area contributed by atoms with E-state index < -0.39 is 0 Å². The third-order valence-electron chi connectivity index (χ3n) is 2.47. The van der Waals surface area contributed by atoms with Crippen molar-refractivity contribution in [3.8, 4) is 0 Å². The minimum atomic E-state index is -0.0834. The molecule has 0 aliphatic rings. The highest BCUT2D eigenvalue weighted by Crippen LogP contribution is 2.32. The Morgan fingerprint density at radius 2 is 2.11 bits per heavy atom. The fourth-order valence-electron chi connectivity index (χ4n) is 1.44. The number of thioether (sulfide) groups is 1. The monoisotopic (exact) mass is 320 g/mol. The van der Waals surface area contributed by atoms with Crippen LogP contribution in [0.1, 0.15) is 26.2 Å². The molecule has 1 rings (SSSR count). The van der Waals surface area contributed by atoms with E-state index in [9.17, 15) is 4.79 Å². The van der Waals surface area contributed by atoms with Crippen molar-refractivity contribution >= 4 is 52.2 Å². The number of benzene rings is 1. The van der Waals surface area contributed by atoms with Gasteiger partial charge in [0, 0.05) is 17.2 Å². The molecule has 0 aliphatic carbocycles. The Kier molecular flexibility index (Phi) is 7.42. The number of hydrogen-bond donors (Lipinski definition) is 2. The molecular formula is C13H18Cl2N2OS. The van der Waals surface area contributed by atoms with Gasteiger partial charge < -0.3 is 11.1 Å². The number of halogens is 2. The normalized spacial score (nSPS) is 10.5. The number of carbonyl (C=O) groups excluding carboxylic acids is 1. The summed E-state index contributed by atoms with van der Waals surface area (Å²) in [5.41, 5.74) is 6.59. The van der Waals surface area contributed by atoms with Crippen molar-refractivity contribution < 1.29 is 4.79 Å². The summed E-state index contributed by atoms with van der Waals surface area (Å²) in [7, 11) is 0. The summed E-state index contributed by atoms with van der Waals surface area (Å²) in [6, 6.07) is 3.13. The maximum absolute atomic E-state index is 11.8. The lowest BCUT2D eigenvalue weighted by Crippen LogP contribution is -2.14. The van der Waals surface area contributed by atoms with Crippen molar-refractivity contribution in [2.75, 3.05) is 22.6 Å². The molecule has 0 fully saturated rings. The van der Waals surface area contributed by atoms with Gasteiger partial charge in [-0.3, -0.25) is 4.79 Å². The van der Waals surface area contributed by atoms with Crippen LogP contribution in [0.2, 0.25) is 10.0 Å². The summed E-state index contributed by atoms with van der Waals surface area (Å²) in [5, 5.41) is 3.54. The van der Waals surface area contributed by atoms with Gasteiger partial charge in [-0.25, -0.2) is 0 Å². The SMILES string of the molecule is CCCCSCCC(=O)Nc1c(N)cc(Cl)cc1Cl. The zero-order valence-corrected chi connectivity index (χ0v) is 13.2. The molecule has 0 bridgehead atoms. The number of carbonyl (C=O) groups is 1. The topological polar surface area (TPSA) is 55.1 Å². The van der Waals surface area contributed by atoms with E-state index in [0.29, 0.717) is 27.8 Å². The van der Waals surface area contributed by atoms with E-state index in [-0.39, 0.29) is 5.91 Å². The van der Waals surface area contributed by atoms with Gasteiger partial charge in [-0.2, -0.15) is 11.8 Å². The molecule has 1 aromatic rings. The number of unbranched alkanes of at least 4 members (excludes halogenated alkanes) is 1. The summed E-state index contributed by atoms with van der Waals surface area (Å²) in [5.74, 6) is 1.81. The highest BCUT2D eigenvalue weighted by Gasteiger charge is 2.10. The van der Waals surface area contributed by atoms with Crippen LogP contribution in [0.5, 0.6) is 0 Å². The second kappa shape index (κ2) is 8.56. The number of nitrogens with two attached hydrogens (primary N) is 1. The lowest BCUT2D eigenvalue weighted by molar-refractivity contribution is -0.115. The van der Waals surface area contributed by atoms with Crippen LogP contribution >= 0.6 is 35.0 Å². The maximum Gasteiger partial charge on any atom is 0.225 e. The molecule has 1 aromatic carbocycles. The van der Waals surface area contributed by atoms with Gasteiger partial charge in [0.05, 0.1) is 16.4 Å². The van der Waals surface area contributed by atoms with E-state index in [4.69, 9.17) is 28.9 Å². The quantitative estimate of drug-likeness (QED) is 0.577. The van der Waals surface area contributed by atoms with E-state index in [2.05, 4.69) is 12.2 Å². The van der Waals surface area contributed by atoms with Gasteiger partial charge in [-0.15, -0.1) is 0 Å². The van der Waals surface area contributed by atoms with E-state index in [1.165, 1.54) is 12.8 Å². The molecule has 106 valence electrons. The molecule has 19 heavy (non-hydrogen) atoms. The molecule has 0 heterocycles. The first kappa shape index (κ1) is 16.5. The van der Waals surface area contributed by atoms with Crippen LogP contribution in [0.25, 0.3) is 0 Å². The van der Waals surface area contributed by atoms with Crippen molar-refractivity contribution in [3.05, 3.63) is 22.2 Å². The number of nitrogens with one attached hydrogen (secondary N) is 1. The minimum Gasteiger partial charge on any atom is -0.397 e. The lowest BCUT2D eigenvalue weighted by atomic mass is 10.2. The van der Waals surface area contributed by atoms with E-state index in [1.807, 2.05) is 0 Å². The largest absolute Gasteiger partial charge is 0.397 e.